The molecule has 0 heterocycles. The van der Waals surface area contributed by atoms with Crippen molar-refractivity contribution in [1.29, 1.82) is 5.26 Å². The number of halogens is 1. The average Bonchev–Trinajstić information content (AvgIpc) is 2.23. The second-order valence-electron chi connectivity index (χ2n) is 4.64. The number of nitriles is 1. The van der Waals surface area contributed by atoms with Crippen molar-refractivity contribution < 1.29 is 0 Å². The third-order valence-electron chi connectivity index (χ3n) is 2.55. The Hall–Kier alpha value is -1.01. The summed E-state index contributed by atoms with van der Waals surface area (Å²) in [6.45, 7) is 6.79. The monoisotopic (exact) mass is 280 g/mol. The van der Waals surface area contributed by atoms with Gasteiger partial charge in [-0.2, -0.15) is 5.26 Å². The Morgan fingerprint density at radius 1 is 1.44 bits per heavy atom. The van der Waals surface area contributed by atoms with E-state index in [9.17, 15) is 0 Å². The molecule has 1 aromatic carbocycles. The SMILES string of the molecule is Cc1ccc(NCCC(C)(C)C#N)cc1Br. The van der Waals surface area contributed by atoms with E-state index < -0.39 is 0 Å². The van der Waals surface area contributed by atoms with E-state index in [0.29, 0.717) is 0 Å². The fraction of sp³-hybridized carbons (Fsp3) is 0.462. The van der Waals surface area contributed by atoms with Crippen LogP contribution in [-0.4, -0.2) is 6.54 Å². The van der Waals surface area contributed by atoms with Crippen LogP contribution in [0.5, 0.6) is 0 Å². The molecular formula is C13H17BrN2. The summed E-state index contributed by atoms with van der Waals surface area (Å²) in [4.78, 5) is 0. The molecule has 0 atom stereocenters. The van der Waals surface area contributed by atoms with Gasteiger partial charge in [0.25, 0.3) is 0 Å². The van der Waals surface area contributed by atoms with Gasteiger partial charge in [-0.1, -0.05) is 22.0 Å². The molecule has 3 heteroatoms. The van der Waals surface area contributed by atoms with Crippen molar-refractivity contribution in [3.8, 4) is 6.07 Å². The molecule has 0 saturated heterocycles. The van der Waals surface area contributed by atoms with Crippen LogP contribution in [0.15, 0.2) is 22.7 Å². The highest BCUT2D eigenvalue weighted by Gasteiger charge is 2.15. The van der Waals surface area contributed by atoms with Crippen molar-refractivity contribution in [1.82, 2.24) is 0 Å². The maximum absolute atomic E-state index is 8.89. The van der Waals surface area contributed by atoms with Crippen molar-refractivity contribution in [2.75, 3.05) is 11.9 Å². The van der Waals surface area contributed by atoms with Crippen LogP contribution in [0.2, 0.25) is 0 Å². The highest BCUT2D eigenvalue weighted by molar-refractivity contribution is 9.10. The number of nitrogens with one attached hydrogen (secondary N) is 1. The fourth-order valence-corrected chi connectivity index (χ4v) is 1.66. The van der Waals surface area contributed by atoms with Crippen molar-refractivity contribution >= 4 is 21.6 Å². The van der Waals surface area contributed by atoms with E-state index >= 15 is 0 Å². The van der Waals surface area contributed by atoms with E-state index in [1.54, 1.807) is 0 Å². The minimum Gasteiger partial charge on any atom is -0.385 e. The Morgan fingerprint density at radius 2 is 2.12 bits per heavy atom. The standard InChI is InChI=1S/C13H17BrN2/c1-10-4-5-11(8-12(10)14)16-7-6-13(2,3)9-15/h4-5,8,16H,6-7H2,1-3H3. The summed E-state index contributed by atoms with van der Waals surface area (Å²) >= 11 is 3.50. The second-order valence-corrected chi connectivity index (χ2v) is 5.49. The molecule has 0 amide bonds. The van der Waals surface area contributed by atoms with E-state index in [1.807, 2.05) is 13.8 Å². The molecule has 0 radical (unpaired) electrons. The number of anilines is 1. The van der Waals surface area contributed by atoms with E-state index in [0.717, 1.165) is 23.1 Å². The Morgan fingerprint density at radius 3 is 2.69 bits per heavy atom. The summed E-state index contributed by atoms with van der Waals surface area (Å²) < 4.78 is 1.11. The predicted octanol–water partition coefficient (Wildman–Crippen LogP) is 4.11. The molecule has 1 N–H and O–H groups in total. The van der Waals surface area contributed by atoms with E-state index in [2.05, 4.69) is 52.4 Å². The van der Waals surface area contributed by atoms with E-state index in [-0.39, 0.29) is 5.41 Å². The maximum Gasteiger partial charge on any atom is 0.0684 e. The summed E-state index contributed by atoms with van der Waals surface area (Å²) in [5, 5.41) is 12.2. The molecule has 0 unspecified atom stereocenters. The van der Waals surface area contributed by atoms with Crippen LogP contribution >= 0.6 is 15.9 Å². The molecule has 0 aromatic heterocycles. The van der Waals surface area contributed by atoms with Crippen LogP contribution in [0.3, 0.4) is 0 Å². The minimum absolute atomic E-state index is 0.255. The number of hydrogen-bond donors (Lipinski definition) is 1. The van der Waals surface area contributed by atoms with Gasteiger partial charge in [0.15, 0.2) is 0 Å². The fourth-order valence-electron chi connectivity index (χ4n) is 1.28. The lowest BCUT2D eigenvalue weighted by Crippen LogP contribution is -2.14. The molecule has 16 heavy (non-hydrogen) atoms. The maximum atomic E-state index is 8.89. The van der Waals surface area contributed by atoms with Gasteiger partial charge in [-0.15, -0.1) is 0 Å². The lowest BCUT2D eigenvalue weighted by atomic mass is 9.91. The van der Waals surface area contributed by atoms with Crippen LogP contribution in [0.4, 0.5) is 5.69 Å². The van der Waals surface area contributed by atoms with Crippen molar-refractivity contribution in [2.45, 2.75) is 27.2 Å². The molecule has 0 saturated carbocycles. The molecule has 0 aliphatic rings. The average molecular weight is 281 g/mol. The van der Waals surface area contributed by atoms with Gasteiger partial charge in [0.2, 0.25) is 0 Å². The Labute approximate surface area is 106 Å². The highest BCUT2D eigenvalue weighted by Crippen LogP contribution is 2.22. The summed E-state index contributed by atoms with van der Waals surface area (Å²) in [5.74, 6) is 0. The first-order chi connectivity index (χ1) is 7.44. The number of benzene rings is 1. The van der Waals surface area contributed by atoms with Gasteiger partial charge in [-0.05, 0) is 44.9 Å². The number of aryl methyl sites for hydroxylation is 1. The smallest absolute Gasteiger partial charge is 0.0684 e. The Balaban J connectivity index is 2.50. The van der Waals surface area contributed by atoms with Crippen molar-refractivity contribution in [3.05, 3.63) is 28.2 Å². The van der Waals surface area contributed by atoms with Gasteiger partial charge in [-0.25, -0.2) is 0 Å². The molecule has 1 rings (SSSR count). The van der Waals surface area contributed by atoms with Gasteiger partial charge in [0, 0.05) is 16.7 Å². The summed E-state index contributed by atoms with van der Waals surface area (Å²) in [6.07, 6.45) is 0.842. The molecule has 1 aromatic rings. The van der Waals surface area contributed by atoms with Crippen LogP contribution in [0.25, 0.3) is 0 Å². The van der Waals surface area contributed by atoms with Crippen molar-refractivity contribution in [2.24, 2.45) is 5.41 Å². The predicted molar refractivity (Wildman–Crippen MR) is 71.4 cm³/mol. The molecule has 0 bridgehead atoms. The van der Waals surface area contributed by atoms with Crippen LogP contribution in [0, 0.1) is 23.7 Å². The molecule has 0 aliphatic heterocycles. The number of hydrogen-bond acceptors (Lipinski definition) is 2. The van der Waals surface area contributed by atoms with Crippen molar-refractivity contribution in [3.63, 3.8) is 0 Å². The number of rotatable bonds is 4. The molecule has 0 spiro atoms. The first-order valence-corrected chi connectivity index (χ1v) is 6.15. The largest absolute Gasteiger partial charge is 0.385 e. The highest BCUT2D eigenvalue weighted by atomic mass is 79.9. The zero-order chi connectivity index (χ0) is 12.2. The van der Waals surface area contributed by atoms with Gasteiger partial charge in [0.05, 0.1) is 11.5 Å². The first kappa shape index (κ1) is 13.1. The third-order valence-corrected chi connectivity index (χ3v) is 3.41. The first-order valence-electron chi connectivity index (χ1n) is 5.36. The van der Waals surface area contributed by atoms with Crippen LogP contribution in [0.1, 0.15) is 25.8 Å². The zero-order valence-corrected chi connectivity index (χ0v) is 11.6. The van der Waals surface area contributed by atoms with Gasteiger partial charge in [0.1, 0.15) is 0 Å². The number of nitrogens with zero attached hydrogens (tertiary/aromatic N) is 1. The summed E-state index contributed by atoms with van der Waals surface area (Å²) in [6, 6.07) is 8.49. The zero-order valence-electron chi connectivity index (χ0n) is 9.97. The molecule has 2 nitrogen and oxygen atoms in total. The van der Waals surface area contributed by atoms with Crippen LogP contribution in [-0.2, 0) is 0 Å². The van der Waals surface area contributed by atoms with E-state index in [1.165, 1.54) is 5.56 Å². The van der Waals surface area contributed by atoms with Gasteiger partial charge >= 0.3 is 0 Å². The summed E-state index contributed by atoms with van der Waals surface area (Å²) in [7, 11) is 0. The Bertz CT molecular complexity index is 405. The van der Waals surface area contributed by atoms with Gasteiger partial charge < -0.3 is 5.32 Å². The quantitative estimate of drug-likeness (QED) is 0.901. The third kappa shape index (κ3) is 3.86. The van der Waals surface area contributed by atoms with Crippen LogP contribution < -0.4 is 5.32 Å². The molecule has 0 fully saturated rings. The second kappa shape index (κ2) is 5.36. The lowest BCUT2D eigenvalue weighted by Gasteiger charge is -2.16. The topological polar surface area (TPSA) is 35.8 Å². The normalized spacial score (nSPS) is 10.9. The molecule has 86 valence electrons. The van der Waals surface area contributed by atoms with Gasteiger partial charge in [-0.3, -0.25) is 0 Å². The lowest BCUT2D eigenvalue weighted by molar-refractivity contribution is 0.466. The molecular weight excluding hydrogens is 264 g/mol. The Kier molecular flexibility index (Phi) is 4.37. The molecule has 0 aliphatic carbocycles. The minimum atomic E-state index is -0.255. The van der Waals surface area contributed by atoms with E-state index in [4.69, 9.17) is 5.26 Å². The summed E-state index contributed by atoms with van der Waals surface area (Å²) in [5.41, 5.74) is 2.06.